The molecule has 0 atom stereocenters. The molecule has 10 rings (SSSR count). The van der Waals surface area contributed by atoms with E-state index in [4.69, 9.17) is 9.47 Å². The molecule has 0 radical (unpaired) electrons. The second kappa shape index (κ2) is 41.5. The van der Waals surface area contributed by atoms with Crippen molar-refractivity contribution in [2.45, 2.75) is 223 Å². The molecule has 2 heteroatoms. The molecule has 0 amide bonds. The van der Waals surface area contributed by atoms with Gasteiger partial charge >= 0.3 is 0 Å². The van der Waals surface area contributed by atoms with Crippen LogP contribution in [-0.4, -0.2) is 13.2 Å². The molecule has 2 aliphatic rings. The van der Waals surface area contributed by atoms with Crippen molar-refractivity contribution in [1.82, 2.24) is 0 Å². The highest BCUT2D eigenvalue weighted by atomic mass is 16.5. The van der Waals surface area contributed by atoms with E-state index in [1.165, 1.54) is 167 Å². The van der Waals surface area contributed by atoms with E-state index in [-0.39, 0.29) is 0 Å². The summed E-state index contributed by atoms with van der Waals surface area (Å²) in [5, 5.41) is 0. The van der Waals surface area contributed by atoms with E-state index in [1.807, 2.05) is 50.2 Å². The Morgan fingerprint density at radius 2 is 0.635 bits per heavy atom. The van der Waals surface area contributed by atoms with Gasteiger partial charge in [0.2, 0.25) is 0 Å². The Morgan fingerprint density at radius 1 is 0.302 bits per heavy atom. The van der Waals surface area contributed by atoms with Crippen LogP contribution in [0.5, 0.6) is 11.5 Å². The molecule has 0 aliphatic heterocycles. The number of hydrogen-bond acceptors (Lipinski definition) is 2. The van der Waals surface area contributed by atoms with E-state index in [0.717, 1.165) is 97.2 Å². The van der Waals surface area contributed by atoms with Gasteiger partial charge < -0.3 is 9.47 Å². The summed E-state index contributed by atoms with van der Waals surface area (Å²) >= 11 is 0. The first-order valence-electron chi connectivity index (χ1n) is 36.8. The molecule has 2 aliphatic carbocycles. The molecule has 0 spiro atoms. The van der Waals surface area contributed by atoms with Gasteiger partial charge in [0.05, 0.1) is 13.2 Å². The molecule has 2 saturated carbocycles. The molecule has 0 unspecified atom stereocenters. The van der Waals surface area contributed by atoms with Crippen LogP contribution in [0, 0.1) is 101 Å². The second-order valence-corrected chi connectivity index (χ2v) is 27.0. The topological polar surface area (TPSA) is 18.5 Å². The Hall–Kier alpha value is -8.40. The van der Waals surface area contributed by atoms with E-state index in [2.05, 4.69) is 250 Å². The van der Waals surface area contributed by atoms with Crippen molar-refractivity contribution >= 4 is 0 Å². The molecule has 2 fully saturated rings. The Labute approximate surface area is 583 Å². The third kappa shape index (κ3) is 26.0. The number of hydrogen-bond donors (Lipinski definition) is 0. The van der Waals surface area contributed by atoms with Gasteiger partial charge in [0.1, 0.15) is 11.5 Å². The lowest BCUT2D eigenvalue weighted by atomic mass is 9.77. The molecule has 0 heterocycles. The smallest absolute Gasteiger partial charge is 0.119 e. The molecule has 8 aromatic carbocycles. The van der Waals surface area contributed by atoms with Crippen molar-refractivity contribution in [2.24, 2.45) is 11.8 Å². The summed E-state index contributed by atoms with van der Waals surface area (Å²) in [6.45, 7) is 27.1. The number of ether oxygens (including phenoxy) is 2. The van der Waals surface area contributed by atoms with Gasteiger partial charge in [0.25, 0.3) is 0 Å². The lowest BCUT2D eigenvalue weighted by molar-refractivity contribution is 0.304. The third-order valence-electron chi connectivity index (χ3n) is 19.1. The average molecular weight is 1270 g/mol. The first kappa shape index (κ1) is 75.0. The van der Waals surface area contributed by atoms with Crippen LogP contribution in [0.1, 0.15) is 269 Å². The fourth-order valence-corrected chi connectivity index (χ4v) is 13.1. The van der Waals surface area contributed by atoms with E-state index < -0.39 is 0 Å². The van der Waals surface area contributed by atoms with Gasteiger partial charge in [0.15, 0.2) is 0 Å². The minimum atomic E-state index is 0.689. The molecule has 0 saturated heterocycles. The van der Waals surface area contributed by atoms with Gasteiger partial charge in [-0.2, -0.15) is 0 Å². The van der Waals surface area contributed by atoms with Gasteiger partial charge in [-0.25, -0.2) is 0 Å². The molecule has 8 aromatic rings. The van der Waals surface area contributed by atoms with E-state index >= 15 is 0 Å². The largest absolute Gasteiger partial charge is 0.494 e. The lowest BCUT2D eigenvalue weighted by Gasteiger charge is -2.28. The Kier molecular flexibility index (Phi) is 32.4. The summed E-state index contributed by atoms with van der Waals surface area (Å²) in [5.74, 6) is 31.6. The predicted molar refractivity (Wildman–Crippen MR) is 412 cm³/mol. The predicted octanol–water partition coefficient (Wildman–Crippen LogP) is 24.6. The highest BCUT2D eigenvalue weighted by Gasteiger charge is 2.23. The summed E-state index contributed by atoms with van der Waals surface area (Å²) in [5.41, 5.74) is 21.9. The zero-order valence-electron chi connectivity index (χ0n) is 60.8. The maximum absolute atomic E-state index is 5.51. The first-order chi connectivity index (χ1) is 46.8. The van der Waals surface area contributed by atoms with Gasteiger partial charge in [0, 0.05) is 44.5 Å². The van der Waals surface area contributed by atoms with Crippen LogP contribution in [0.4, 0.5) is 0 Å². The monoisotopic (exact) mass is 1270 g/mol. The number of aryl methyl sites for hydroxylation is 8. The molecular formula is C94H112O2. The van der Waals surface area contributed by atoms with Crippen molar-refractivity contribution in [1.29, 1.82) is 0 Å². The SMILES string of the molecule is CCCC1CCC(c2ccc(C#Cc3ccc(C)cc3C)cc2)CC1.CCCCC1CCC(c2ccc(C#Cc3ccc(C)cc3C)cc2)CC1.CCCCCc1ccc(C#Cc2ccc(OCC)cc2C)cc1.CCCCc1ccc(C#Cc2ccc(OCC)cc2C)cc1. The van der Waals surface area contributed by atoms with Crippen LogP contribution in [0.3, 0.4) is 0 Å². The Morgan fingerprint density at radius 3 is 0.969 bits per heavy atom. The number of rotatable bonds is 18. The Balaban J connectivity index is 0.000000181. The molecule has 96 heavy (non-hydrogen) atoms. The zero-order chi connectivity index (χ0) is 68.3. The van der Waals surface area contributed by atoms with Crippen LogP contribution >= 0.6 is 0 Å². The summed E-state index contributed by atoms with van der Waals surface area (Å²) in [7, 11) is 0. The van der Waals surface area contributed by atoms with Crippen LogP contribution in [0.15, 0.2) is 170 Å². The van der Waals surface area contributed by atoms with E-state index in [9.17, 15) is 0 Å². The van der Waals surface area contributed by atoms with Crippen molar-refractivity contribution in [3.63, 3.8) is 0 Å². The van der Waals surface area contributed by atoms with Crippen LogP contribution in [-0.2, 0) is 12.8 Å². The molecule has 2 nitrogen and oxygen atoms in total. The van der Waals surface area contributed by atoms with Crippen LogP contribution < -0.4 is 9.47 Å². The maximum atomic E-state index is 5.51. The summed E-state index contributed by atoms with van der Waals surface area (Å²) in [4.78, 5) is 0. The highest BCUT2D eigenvalue weighted by molar-refractivity contribution is 5.52. The second-order valence-electron chi connectivity index (χ2n) is 27.0. The number of unbranched alkanes of at least 4 members (excludes halogenated alkanes) is 4. The van der Waals surface area contributed by atoms with E-state index in [0.29, 0.717) is 13.2 Å². The van der Waals surface area contributed by atoms with Crippen LogP contribution in [0.2, 0.25) is 0 Å². The standard InChI is InChI=1S/C26H32.C25H30.C22H26O.C21H24O/c1-4-5-6-22-9-15-25(16-10-22)26-17-11-23(12-18-26)8-14-24-13-7-20(2)19-21(24)3;1-4-5-21-8-14-24(15-9-21)25-16-10-22(11-17-25)7-13-23-12-6-19(2)18-20(23)3;1-4-6-7-8-19-9-11-20(12-10-19)13-14-21-15-16-22(23-5-2)17-18(21)3;1-4-6-7-18-8-10-19(11-9-18)12-13-20-14-15-21(22-5-2)16-17(20)3/h7,11-13,17-19,22,25H,4-6,9-10,15-16H2,1-3H3;6,10-12,16-18,21,24H,4-5,8-9,14-15H2,1-3H3;9-12,15-17H,4-8H2,1-3H3;8-11,14-16H,4-7H2,1-3H3. The molecule has 0 N–H and O–H groups in total. The fourth-order valence-electron chi connectivity index (χ4n) is 13.1. The Bertz CT molecular complexity index is 3870. The lowest BCUT2D eigenvalue weighted by Crippen LogP contribution is -2.13. The molecular weight excluding hydrogens is 1160 g/mol. The summed E-state index contributed by atoms with van der Waals surface area (Å²) in [6, 6.07) is 60.3. The van der Waals surface area contributed by atoms with Gasteiger partial charge in [-0.3, -0.25) is 0 Å². The maximum Gasteiger partial charge on any atom is 0.119 e. The minimum absolute atomic E-state index is 0.689. The zero-order valence-corrected chi connectivity index (χ0v) is 60.8. The van der Waals surface area contributed by atoms with Crippen molar-refractivity contribution in [2.75, 3.05) is 13.2 Å². The quantitative estimate of drug-likeness (QED) is 0.0630. The number of benzene rings is 8. The van der Waals surface area contributed by atoms with Crippen LogP contribution in [0.25, 0.3) is 0 Å². The summed E-state index contributed by atoms with van der Waals surface area (Å²) in [6.07, 6.45) is 26.7. The first-order valence-corrected chi connectivity index (χ1v) is 36.8. The van der Waals surface area contributed by atoms with Gasteiger partial charge in [-0.1, -0.05) is 210 Å². The summed E-state index contributed by atoms with van der Waals surface area (Å²) < 4.78 is 11.0. The van der Waals surface area contributed by atoms with Crippen molar-refractivity contribution in [3.8, 4) is 58.9 Å². The third-order valence-corrected chi connectivity index (χ3v) is 19.1. The fraction of sp³-hybridized carbons (Fsp3) is 0.404. The normalized spacial score (nSPS) is 15.2. The minimum Gasteiger partial charge on any atom is -0.494 e. The molecule has 500 valence electrons. The van der Waals surface area contributed by atoms with Crippen molar-refractivity contribution in [3.05, 3.63) is 270 Å². The van der Waals surface area contributed by atoms with Crippen molar-refractivity contribution < 1.29 is 9.47 Å². The van der Waals surface area contributed by atoms with E-state index in [1.54, 1.807) is 0 Å². The average Bonchev–Trinajstić information content (AvgIpc) is 1.47. The molecule has 0 aromatic heterocycles. The highest BCUT2D eigenvalue weighted by Crippen LogP contribution is 2.39. The molecule has 0 bridgehead atoms. The van der Waals surface area contributed by atoms with Gasteiger partial charge in [-0.05, 0) is 298 Å². The van der Waals surface area contributed by atoms with Gasteiger partial charge in [-0.15, -0.1) is 0 Å².